The lowest BCUT2D eigenvalue weighted by Crippen LogP contribution is -2.17. The number of aromatic nitrogens is 1. The third-order valence-corrected chi connectivity index (χ3v) is 4.18. The fraction of sp³-hybridized carbons (Fsp3) is 0.0476. The Kier molecular flexibility index (Phi) is 4.78. The van der Waals surface area contributed by atoms with Crippen molar-refractivity contribution in [3.63, 3.8) is 0 Å². The van der Waals surface area contributed by atoms with Crippen molar-refractivity contribution in [3.05, 3.63) is 77.6 Å². The molecule has 0 bridgehead atoms. The number of hydrogen-bond donors (Lipinski definition) is 2. The lowest BCUT2D eigenvalue weighted by atomic mass is 10.1. The van der Waals surface area contributed by atoms with Gasteiger partial charge < -0.3 is 20.1 Å². The van der Waals surface area contributed by atoms with E-state index in [9.17, 15) is 9.59 Å². The van der Waals surface area contributed by atoms with Gasteiger partial charge in [0.1, 0.15) is 11.8 Å². The summed E-state index contributed by atoms with van der Waals surface area (Å²) >= 11 is 0. The third-order valence-electron chi connectivity index (χ3n) is 4.18. The lowest BCUT2D eigenvalue weighted by Gasteiger charge is -2.09. The van der Waals surface area contributed by atoms with Crippen molar-refractivity contribution in [3.8, 4) is 17.6 Å². The number of carbonyl (C=O) groups is 2. The average Bonchev–Trinajstić information content (AvgIpc) is 3.22. The van der Waals surface area contributed by atoms with Crippen LogP contribution in [0.1, 0.15) is 26.4 Å². The van der Waals surface area contributed by atoms with E-state index >= 15 is 0 Å². The highest BCUT2D eigenvalue weighted by Gasteiger charge is 2.16. The molecule has 0 radical (unpaired) electrons. The first kappa shape index (κ1) is 18.0. The van der Waals surface area contributed by atoms with E-state index in [0.717, 1.165) is 0 Å². The minimum atomic E-state index is -0.476. The number of nitrogens with zero attached hydrogens (tertiary/aromatic N) is 2. The van der Waals surface area contributed by atoms with Gasteiger partial charge in [0.25, 0.3) is 11.8 Å². The van der Waals surface area contributed by atoms with Gasteiger partial charge in [0.2, 0.25) is 6.79 Å². The zero-order chi connectivity index (χ0) is 20.2. The van der Waals surface area contributed by atoms with E-state index in [4.69, 9.17) is 14.7 Å². The van der Waals surface area contributed by atoms with E-state index in [2.05, 4.69) is 15.6 Å². The van der Waals surface area contributed by atoms with Crippen LogP contribution in [0.5, 0.6) is 11.5 Å². The fourth-order valence-corrected chi connectivity index (χ4v) is 2.75. The number of carbonyl (C=O) groups excluding carboxylic acids is 2. The molecule has 1 aliphatic rings. The summed E-state index contributed by atoms with van der Waals surface area (Å²) in [6.07, 6.45) is 1.37. The van der Waals surface area contributed by atoms with Gasteiger partial charge in [0, 0.05) is 23.5 Å². The summed E-state index contributed by atoms with van der Waals surface area (Å²) < 4.78 is 10.5. The molecule has 1 aliphatic heterocycles. The zero-order valence-electron chi connectivity index (χ0n) is 15.0. The Morgan fingerprint density at radius 2 is 1.79 bits per heavy atom. The number of pyridine rings is 1. The number of anilines is 2. The van der Waals surface area contributed by atoms with Gasteiger partial charge in [0.15, 0.2) is 11.5 Å². The van der Waals surface area contributed by atoms with Crippen LogP contribution < -0.4 is 20.1 Å². The highest BCUT2D eigenvalue weighted by atomic mass is 16.7. The van der Waals surface area contributed by atoms with Crippen molar-refractivity contribution < 1.29 is 19.1 Å². The molecule has 0 unspecified atom stereocenters. The predicted octanol–water partition coefficient (Wildman–Crippen LogP) is 3.19. The van der Waals surface area contributed by atoms with E-state index in [1.54, 1.807) is 42.5 Å². The Morgan fingerprint density at radius 3 is 2.66 bits per heavy atom. The number of nitrogens with one attached hydrogen (secondary N) is 2. The van der Waals surface area contributed by atoms with Crippen molar-refractivity contribution >= 4 is 23.2 Å². The highest BCUT2D eigenvalue weighted by molar-refractivity contribution is 6.08. The van der Waals surface area contributed by atoms with Crippen LogP contribution >= 0.6 is 0 Å². The lowest BCUT2D eigenvalue weighted by molar-refractivity contribution is 0.102. The molecule has 2 N–H and O–H groups in total. The largest absolute Gasteiger partial charge is 0.454 e. The number of para-hydroxylation sites is 1. The Labute approximate surface area is 165 Å². The van der Waals surface area contributed by atoms with Crippen LogP contribution in [0.4, 0.5) is 11.4 Å². The summed E-state index contributed by atoms with van der Waals surface area (Å²) in [7, 11) is 0. The van der Waals surface area contributed by atoms with Gasteiger partial charge in [-0.2, -0.15) is 5.26 Å². The van der Waals surface area contributed by atoms with Crippen LogP contribution in [0.2, 0.25) is 0 Å². The van der Waals surface area contributed by atoms with E-state index in [1.165, 1.54) is 18.3 Å². The SMILES string of the molecule is N#Cc1ccccc1NC(=O)c1ccnc(C(=O)Nc2ccc3c(c2)OCO3)c1. The Bertz CT molecular complexity index is 1150. The number of nitriles is 1. The molecule has 1 aromatic heterocycles. The second-order valence-electron chi connectivity index (χ2n) is 6.06. The first-order chi connectivity index (χ1) is 14.1. The van der Waals surface area contributed by atoms with Gasteiger partial charge in [-0.05, 0) is 36.4 Å². The topological polar surface area (TPSA) is 113 Å². The van der Waals surface area contributed by atoms with Gasteiger partial charge in [-0.25, -0.2) is 0 Å². The standard InChI is InChI=1S/C21H14N4O4/c22-11-14-3-1-2-4-16(14)25-20(26)13-7-8-23-17(9-13)21(27)24-15-5-6-18-19(10-15)29-12-28-18/h1-10H,12H2,(H,24,27)(H,25,26). The maximum Gasteiger partial charge on any atom is 0.274 e. The number of fused-ring (bicyclic) bond motifs is 1. The van der Waals surface area contributed by atoms with Crippen molar-refractivity contribution in [2.45, 2.75) is 0 Å². The van der Waals surface area contributed by atoms with Crippen LogP contribution in [0.3, 0.4) is 0 Å². The number of amides is 2. The van der Waals surface area contributed by atoms with E-state index in [0.29, 0.717) is 28.4 Å². The molecular formula is C21H14N4O4. The van der Waals surface area contributed by atoms with Crippen LogP contribution in [-0.2, 0) is 0 Å². The maximum absolute atomic E-state index is 12.5. The van der Waals surface area contributed by atoms with Crippen molar-refractivity contribution in [2.75, 3.05) is 17.4 Å². The van der Waals surface area contributed by atoms with Gasteiger partial charge in [-0.15, -0.1) is 0 Å². The van der Waals surface area contributed by atoms with E-state index in [-0.39, 0.29) is 18.1 Å². The molecule has 0 saturated heterocycles. The molecule has 142 valence electrons. The summed E-state index contributed by atoms with van der Waals surface area (Å²) in [5.41, 5.74) is 1.56. The second-order valence-corrected chi connectivity index (χ2v) is 6.06. The molecule has 4 rings (SSSR count). The van der Waals surface area contributed by atoms with Crippen molar-refractivity contribution in [1.82, 2.24) is 4.98 Å². The van der Waals surface area contributed by atoms with Gasteiger partial charge in [-0.3, -0.25) is 14.6 Å². The molecule has 0 fully saturated rings. The minimum absolute atomic E-state index is 0.0730. The van der Waals surface area contributed by atoms with E-state index < -0.39 is 11.8 Å². The fourth-order valence-electron chi connectivity index (χ4n) is 2.75. The van der Waals surface area contributed by atoms with Crippen LogP contribution in [-0.4, -0.2) is 23.6 Å². The molecule has 8 nitrogen and oxygen atoms in total. The third kappa shape index (κ3) is 3.84. The maximum atomic E-state index is 12.5. The Hall–Kier alpha value is -4.38. The molecule has 3 aromatic rings. The summed E-state index contributed by atoms with van der Waals surface area (Å²) in [6.45, 7) is 0.139. The predicted molar refractivity (Wildman–Crippen MR) is 104 cm³/mol. The van der Waals surface area contributed by atoms with Crippen molar-refractivity contribution in [1.29, 1.82) is 5.26 Å². The summed E-state index contributed by atoms with van der Waals surface area (Å²) in [4.78, 5) is 29.1. The van der Waals surface area contributed by atoms with Crippen LogP contribution in [0.15, 0.2) is 60.8 Å². The highest BCUT2D eigenvalue weighted by Crippen LogP contribution is 2.34. The molecule has 2 amide bonds. The number of benzene rings is 2. The molecule has 2 aromatic carbocycles. The summed E-state index contributed by atoms with van der Waals surface area (Å²) in [5.74, 6) is 0.223. The smallest absolute Gasteiger partial charge is 0.274 e. The number of hydrogen-bond acceptors (Lipinski definition) is 6. The van der Waals surface area contributed by atoms with Crippen LogP contribution in [0, 0.1) is 11.3 Å². The molecule has 0 spiro atoms. The minimum Gasteiger partial charge on any atom is -0.454 e. The normalized spacial score (nSPS) is 11.4. The van der Waals surface area contributed by atoms with Crippen molar-refractivity contribution in [2.24, 2.45) is 0 Å². The average molecular weight is 386 g/mol. The Morgan fingerprint density at radius 1 is 0.966 bits per heavy atom. The molecule has 0 saturated carbocycles. The first-order valence-electron chi connectivity index (χ1n) is 8.61. The molecule has 8 heteroatoms. The van der Waals surface area contributed by atoms with E-state index in [1.807, 2.05) is 6.07 Å². The molecule has 29 heavy (non-hydrogen) atoms. The van der Waals surface area contributed by atoms with Gasteiger partial charge in [-0.1, -0.05) is 12.1 Å². The number of ether oxygens (including phenoxy) is 2. The van der Waals surface area contributed by atoms with Gasteiger partial charge in [0.05, 0.1) is 11.3 Å². The molecular weight excluding hydrogens is 372 g/mol. The first-order valence-corrected chi connectivity index (χ1v) is 8.61. The van der Waals surface area contributed by atoms with Gasteiger partial charge >= 0.3 is 0 Å². The monoisotopic (exact) mass is 386 g/mol. The molecule has 0 atom stereocenters. The molecule has 2 heterocycles. The summed E-state index contributed by atoms with van der Waals surface area (Å²) in [5, 5.41) is 14.5. The molecule has 0 aliphatic carbocycles. The number of rotatable bonds is 4. The zero-order valence-corrected chi connectivity index (χ0v) is 15.0. The second kappa shape index (κ2) is 7.70. The quantitative estimate of drug-likeness (QED) is 0.712. The Balaban J connectivity index is 1.50. The van der Waals surface area contributed by atoms with Crippen LogP contribution in [0.25, 0.3) is 0 Å². The summed E-state index contributed by atoms with van der Waals surface area (Å²) in [6, 6.07) is 16.6.